The fourth-order valence-electron chi connectivity index (χ4n) is 2.21. The highest BCUT2D eigenvalue weighted by atomic mass is 19.1. The summed E-state index contributed by atoms with van der Waals surface area (Å²) in [5.41, 5.74) is 0.726. The average Bonchev–Trinajstić information content (AvgIpc) is 2.47. The van der Waals surface area contributed by atoms with Crippen molar-refractivity contribution >= 4 is 5.91 Å². The van der Waals surface area contributed by atoms with Crippen molar-refractivity contribution < 1.29 is 13.9 Å². The molecule has 1 atom stereocenters. The normalized spacial score (nSPS) is 12.0. The van der Waals surface area contributed by atoms with Crippen LogP contribution in [0.1, 0.15) is 39.3 Å². The number of nitrogens with zero attached hydrogens (tertiary/aromatic N) is 1. The summed E-state index contributed by atoms with van der Waals surface area (Å²) in [7, 11) is 0. The zero-order chi connectivity index (χ0) is 15.8. The predicted octanol–water partition coefficient (Wildman–Crippen LogP) is 2.74. The van der Waals surface area contributed by atoms with Gasteiger partial charge in [-0.05, 0) is 45.5 Å². The minimum absolute atomic E-state index is 0.0286. The van der Waals surface area contributed by atoms with Crippen molar-refractivity contribution in [2.45, 2.75) is 33.7 Å². The second-order valence-corrected chi connectivity index (χ2v) is 4.82. The first-order valence-electron chi connectivity index (χ1n) is 7.46. The Morgan fingerprint density at radius 2 is 2.00 bits per heavy atom. The summed E-state index contributed by atoms with van der Waals surface area (Å²) in [5, 5.41) is 3.22. The number of halogens is 1. The van der Waals surface area contributed by atoms with E-state index in [2.05, 4.69) is 5.32 Å². The second-order valence-electron chi connectivity index (χ2n) is 4.82. The van der Waals surface area contributed by atoms with E-state index in [1.165, 1.54) is 12.1 Å². The number of likely N-dealkylation sites (N-methyl/N-ethyl adjacent to an activating group) is 1. The Bertz CT molecular complexity index is 462. The van der Waals surface area contributed by atoms with Crippen molar-refractivity contribution in [2.75, 3.05) is 26.2 Å². The van der Waals surface area contributed by atoms with Gasteiger partial charge in [-0.1, -0.05) is 6.92 Å². The molecule has 0 aliphatic carbocycles. The number of carbonyl (C=O) groups is 1. The first kappa shape index (κ1) is 17.4. The smallest absolute Gasteiger partial charge is 0.260 e. The molecule has 0 saturated heterocycles. The molecule has 0 fully saturated rings. The van der Waals surface area contributed by atoms with Gasteiger partial charge < -0.3 is 15.0 Å². The van der Waals surface area contributed by atoms with Gasteiger partial charge in [0.2, 0.25) is 0 Å². The Hall–Kier alpha value is -1.62. The number of amides is 1. The zero-order valence-electron chi connectivity index (χ0n) is 13.3. The van der Waals surface area contributed by atoms with Crippen molar-refractivity contribution in [1.82, 2.24) is 10.2 Å². The number of carbonyl (C=O) groups excluding carboxylic acids is 1. The maximum Gasteiger partial charge on any atom is 0.260 e. The van der Waals surface area contributed by atoms with E-state index in [0.717, 1.165) is 12.1 Å². The van der Waals surface area contributed by atoms with Crippen LogP contribution in [0.2, 0.25) is 0 Å². The van der Waals surface area contributed by atoms with Crippen molar-refractivity contribution in [2.24, 2.45) is 0 Å². The molecular formula is C16H25FN2O2. The highest BCUT2D eigenvalue weighted by Crippen LogP contribution is 2.26. The lowest BCUT2D eigenvalue weighted by Crippen LogP contribution is -2.34. The van der Waals surface area contributed by atoms with Gasteiger partial charge in [0, 0.05) is 24.7 Å². The van der Waals surface area contributed by atoms with Gasteiger partial charge in [0.15, 0.2) is 6.61 Å². The van der Waals surface area contributed by atoms with Gasteiger partial charge in [-0.2, -0.15) is 0 Å². The third-order valence-corrected chi connectivity index (χ3v) is 3.42. The van der Waals surface area contributed by atoms with Gasteiger partial charge in [-0.25, -0.2) is 4.39 Å². The van der Waals surface area contributed by atoms with Crippen LogP contribution in [-0.2, 0) is 4.79 Å². The Morgan fingerprint density at radius 3 is 2.57 bits per heavy atom. The van der Waals surface area contributed by atoms with Gasteiger partial charge in [-0.3, -0.25) is 4.79 Å². The summed E-state index contributed by atoms with van der Waals surface area (Å²) < 4.78 is 19.0. The van der Waals surface area contributed by atoms with Crippen molar-refractivity contribution in [3.8, 4) is 5.75 Å². The summed E-state index contributed by atoms with van der Waals surface area (Å²) in [6.07, 6.45) is 0. The summed E-state index contributed by atoms with van der Waals surface area (Å²) >= 11 is 0. The predicted molar refractivity (Wildman–Crippen MR) is 81.9 cm³/mol. The molecular weight excluding hydrogens is 271 g/mol. The molecule has 0 saturated carbocycles. The van der Waals surface area contributed by atoms with Crippen LogP contribution in [0.3, 0.4) is 0 Å². The summed E-state index contributed by atoms with van der Waals surface area (Å²) in [5.74, 6) is 0.175. The molecule has 1 aromatic carbocycles. The number of rotatable bonds is 8. The van der Waals surface area contributed by atoms with E-state index in [1.54, 1.807) is 11.0 Å². The van der Waals surface area contributed by atoms with Gasteiger partial charge in [0.1, 0.15) is 11.6 Å². The van der Waals surface area contributed by atoms with Crippen LogP contribution in [0.5, 0.6) is 5.75 Å². The van der Waals surface area contributed by atoms with Crippen LogP contribution in [0.4, 0.5) is 4.39 Å². The lowest BCUT2D eigenvalue weighted by atomic mass is 10.1. The van der Waals surface area contributed by atoms with Crippen molar-refractivity contribution in [1.29, 1.82) is 0 Å². The number of hydrogen-bond donors (Lipinski definition) is 1. The first-order valence-corrected chi connectivity index (χ1v) is 7.46. The molecule has 1 N–H and O–H groups in total. The number of ether oxygens (including phenoxy) is 1. The maximum atomic E-state index is 13.4. The van der Waals surface area contributed by atoms with E-state index in [-0.39, 0.29) is 24.4 Å². The molecule has 1 rings (SSSR count). The molecule has 1 amide bonds. The van der Waals surface area contributed by atoms with Crippen LogP contribution >= 0.6 is 0 Å². The van der Waals surface area contributed by atoms with E-state index >= 15 is 0 Å². The molecule has 0 bridgehead atoms. The van der Waals surface area contributed by atoms with Crippen LogP contribution in [0, 0.1) is 5.82 Å². The molecule has 0 radical (unpaired) electrons. The maximum absolute atomic E-state index is 13.4. The number of benzene rings is 1. The lowest BCUT2D eigenvalue weighted by molar-refractivity contribution is -0.132. The largest absolute Gasteiger partial charge is 0.483 e. The van der Waals surface area contributed by atoms with E-state index in [1.807, 2.05) is 27.7 Å². The van der Waals surface area contributed by atoms with Crippen LogP contribution in [0.15, 0.2) is 18.2 Å². The molecule has 0 aliphatic heterocycles. The molecule has 1 unspecified atom stereocenters. The van der Waals surface area contributed by atoms with Gasteiger partial charge in [0.05, 0.1) is 0 Å². The third kappa shape index (κ3) is 5.01. The lowest BCUT2D eigenvalue weighted by Gasteiger charge is -2.21. The fraction of sp³-hybridized carbons (Fsp3) is 0.562. The van der Waals surface area contributed by atoms with Crippen LogP contribution in [-0.4, -0.2) is 37.0 Å². The molecule has 0 aliphatic rings. The SMILES string of the molecule is CCNC(C)c1cc(F)ccc1OCC(=O)N(CC)CC. The molecule has 0 heterocycles. The van der Waals surface area contributed by atoms with Crippen molar-refractivity contribution in [3.05, 3.63) is 29.6 Å². The van der Waals surface area contributed by atoms with Crippen LogP contribution < -0.4 is 10.1 Å². The van der Waals surface area contributed by atoms with Gasteiger partial charge >= 0.3 is 0 Å². The highest BCUT2D eigenvalue weighted by molar-refractivity contribution is 5.77. The molecule has 5 heteroatoms. The monoisotopic (exact) mass is 296 g/mol. The summed E-state index contributed by atoms with van der Waals surface area (Å²) in [6.45, 7) is 9.84. The highest BCUT2D eigenvalue weighted by Gasteiger charge is 2.15. The third-order valence-electron chi connectivity index (χ3n) is 3.42. The minimum Gasteiger partial charge on any atom is -0.483 e. The van der Waals surface area contributed by atoms with E-state index in [4.69, 9.17) is 4.74 Å². The number of nitrogens with one attached hydrogen (secondary N) is 1. The first-order chi connectivity index (χ1) is 10.0. The quantitative estimate of drug-likeness (QED) is 0.802. The molecule has 1 aromatic rings. The Morgan fingerprint density at radius 1 is 1.33 bits per heavy atom. The minimum atomic E-state index is -0.308. The van der Waals surface area contributed by atoms with E-state index in [0.29, 0.717) is 18.8 Å². The molecule has 21 heavy (non-hydrogen) atoms. The van der Waals surface area contributed by atoms with E-state index < -0.39 is 0 Å². The van der Waals surface area contributed by atoms with E-state index in [9.17, 15) is 9.18 Å². The summed E-state index contributed by atoms with van der Waals surface area (Å²) in [6, 6.07) is 4.34. The number of hydrogen-bond acceptors (Lipinski definition) is 3. The topological polar surface area (TPSA) is 41.6 Å². The van der Waals surface area contributed by atoms with Crippen LogP contribution in [0.25, 0.3) is 0 Å². The molecule has 4 nitrogen and oxygen atoms in total. The Kier molecular flexibility index (Phi) is 7.15. The standard InChI is InChI=1S/C16H25FN2O2/c1-5-18-12(4)14-10-13(17)8-9-15(14)21-11-16(20)19(6-2)7-3/h8-10,12,18H,5-7,11H2,1-4H3. The second kappa shape index (κ2) is 8.62. The summed E-state index contributed by atoms with van der Waals surface area (Å²) in [4.78, 5) is 13.7. The molecule has 0 spiro atoms. The molecule has 0 aromatic heterocycles. The average molecular weight is 296 g/mol. The zero-order valence-corrected chi connectivity index (χ0v) is 13.3. The van der Waals surface area contributed by atoms with Gasteiger partial charge in [-0.15, -0.1) is 0 Å². The Labute approximate surface area is 126 Å². The Balaban J connectivity index is 2.81. The van der Waals surface area contributed by atoms with Crippen molar-refractivity contribution in [3.63, 3.8) is 0 Å². The van der Waals surface area contributed by atoms with Gasteiger partial charge in [0.25, 0.3) is 5.91 Å². The fourth-order valence-corrected chi connectivity index (χ4v) is 2.21. The molecule has 118 valence electrons.